The predicted octanol–water partition coefficient (Wildman–Crippen LogP) is 15.1. The van der Waals surface area contributed by atoms with Crippen LogP contribution in [-0.4, -0.2) is 164 Å². The van der Waals surface area contributed by atoms with Crippen LogP contribution in [-0.2, 0) is 25.6 Å². The second-order valence-electron chi connectivity index (χ2n) is 29.3. The average Bonchev–Trinajstić information content (AvgIpc) is 1.05. The van der Waals surface area contributed by atoms with Gasteiger partial charge in [-0.25, -0.2) is 19.9 Å². The van der Waals surface area contributed by atoms with Gasteiger partial charge < -0.3 is 34.7 Å². The van der Waals surface area contributed by atoms with Crippen molar-refractivity contribution in [2.75, 3.05) is 63.8 Å². The molecule has 5 amide bonds. The first-order valence-corrected chi connectivity index (χ1v) is 37.3. The van der Waals surface area contributed by atoms with E-state index in [9.17, 15) is 34.2 Å². The van der Waals surface area contributed by atoms with Crippen molar-refractivity contribution in [3.8, 4) is 45.5 Å². The number of amides is 5. The third-order valence-electron chi connectivity index (χ3n) is 22.2. The summed E-state index contributed by atoms with van der Waals surface area (Å²) in [5.41, 5.74) is 18.3. The van der Waals surface area contributed by atoms with Crippen LogP contribution in [0.1, 0.15) is 78.5 Å². The summed E-state index contributed by atoms with van der Waals surface area (Å²) in [6.07, 6.45) is 15.6. The maximum atomic E-state index is 13.0. The standard InChI is InChI=1S/C24H19N3O2.C23H20N4O.C22H19N5O.C22H22N2O3/c1-2-23(29)27-13-18(14-27)15-7-8-22-17(9-15)12-25-24(26-22)21-11-19(28)10-16-5-3-4-6-20(16)21;1-3-22(28)27-12-18(13-27)15-5-6-16-9-21(24-10-17(16)8-15)23-14(2)4-7-20-19(23)11-25-26-20;1-3-20(28)27-11-16(12-27)14-5-7-18-15(8-14)9-23-22(25-18)21-13(2)4-6-19-17(21)10-24-26-19;1-3-21(26)23-12-17(13-23)15-5-7-19-16(10-15)8-9-24(22(19)27)20-11-18(25)6-4-14(20)2/h2-12,18,28H,1,13-14H2;3-11,18H,1,12-13H2,2H3,(H,25,26);3-10,16H,1,11-12H2,2H3,(H,24,26);3-7,10-11,17,25H,1,8-9,12-13H2,2H3. The molecule has 0 radical (unpaired) electrons. The molecular formula is C91H80N14O7. The first kappa shape index (κ1) is 72.4. The summed E-state index contributed by atoms with van der Waals surface area (Å²) in [7, 11) is 0. The summed E-state index contributed by atoms with van der Waals surface area (Å²) >= 11 is 0. The molecule has 4 saturated heterocycles. The number of nitrogens with one attached hydrogen (secondary N) is 2. The maximum absolute atomic E-state index is 13.0. The number of hydrogen-bond acceptors (Lipinski definition) is 14. The second-order valence-corrected chi connectivity index (χ2v) is 29.3. The summed E-state index contributed by atoms with van der Waals surface area (Å²) in [6.45, 7) is 26.6. The van der Waals surface area contributed by atoms with Gasteiger partial charge in [-0.3, -0.25) is 39.2 Å². The molecule has 0 bridgehead atoms. The van der Waals surface area contributed by atoms with Crippen molar-refractivity contribution in [2.45, 2.75) is 50.9 Å². The van der Waals surface area contributed by atoms with E-state index in [2.05, 4.69) is 137 Å². The van der Waals surface area contributed by atoms with Gasteiger partial charge in [-0.2, -0.15) is 10.2 Å². The number of carbonyl (C=O) groups excluding carboxylic acids is 5. The molecule has 19 rings (SSSR count). The number of aryl methyl sites for hydroxylation is 3. The molecule has 0 atom stereocenters. The van der Waals surface area contributed by atoms with Crippen molar-refractivity contribution in [1.82, 2.24) is 64.9 Å². The zero-order valence-electron chi connectivity index (χ0n) is 62.2. The average molecular weight is 1480 g/mol. The highest BCUT2D eigenvalue weighted by molar-refractivity contribution is 6.09. The lowest BCUT2D eigenvalue weighted by molar-refractivity contribution is -0.131. The van der Waals surface area contributed by atoms with Gasteiger partial charge in [-0.1, -0.05) is 105 Å². The summed E-state index contributed by atoms with van der Waals surface area (Å²) in [5, 5.41) is 42.6. The van der Waals surface area contributed by atoms with Crippen LogP contribution in [0.15, 0.2) is 239 Å². The van der Waals surface area contributed by atoms with Crippen molar-refractivity contribution in [2.24, 2.45) is 0 Å². The van der Waals surface area contributed by atoms with Crippen molar-refractivity contribution in [1.29, 1.82) is 0 Å². The Morgan fingerprint density at radius 2 is 0.911 bits per heavy atom. The Balaban J connectivity index is 0.000000113. The molecule has 4 N–H and O–H groups in total. The normalized spacial score (nSPS) is 14.9. The van der Waals surface area contributed by atoms with Gasteiger partial charge in [-0.15, -0.1) is 0 Å². The number of rotatable bonds is 12. The number of phenols is 2. The van der Waals surface area contributed by atoms with Crippen LogP contribution in [0.3, 0.4) is 0 Å². The summed E-state index contributed by atoms with van der Waals surface area (Å²) in [5.74, 6) is 2.96. The Labute approximate surface area is 645 Å². The van der Waals surface area contributed by atoms with Gasteiger partial charge in [-0.05, 0) is 185 Å². The Bertz CT molecular complexity index is 5980. The van der Waals surface area contributed by atoms with Crippen LogP contribution in [0.4, 0.5) is 5.69 Å². The van der Waals surface area contributed by atoms with Crippen LogP contribution in [0.2, 0.25) is 0 Å². The van der Waals surface area contributed by atoms with Crippen molar-refractivity contribution in [3.05, 3.63) is 289 Å². The summed E-state index contributed by atoms with van der Waals surface area (Å²) in [4.78, 5) is 92.0. The number of phenolic OH excluding ortho intramolecular Hbond substituents is 2. The van der Waals surface area contributed by atoms with Crippen molar-refractivity contribution < 1.29 is 34.2 Å². The fraction of sp³-hybridized carbons (Fsp3) is 0.187. The molecule has 21 nitrogen and oxygen atoms in total. The van der Waals surface area contributed by atoms with Gasteiger partial charge in [0, 0.05) is 156 Å². The zero-order chi connectivity index (χ0) is 77.6. The summed E-state index contributed by atoms with van der Waals surface area (Å²) in [6, 6.07) is 51.7. The molecular weight excluding hydrogens is 1400 g/mol. The number of aromatic amines is 2. The molecule has 0 saturated carbocycles. The van der Waals surface area contributed by atoms with Crippen LogP contribution < -0.4 is 4.90 Å². The number of aromatic nitrogens is 9. The highest BCUT2D eigenvalue weighted by Gasteiger charge is 2.36. The molecule has 0 unspecified atom stereocenters. The number of fused-ring (bicyclic) bond motifs is 7. The number of aromatic hydroxyl groups is 2. The number of likely N-dealkylation sites (tertiary alicyclic amines) is 4. The molecule has 112 heavy (non-hydrogen) atoms. The van der Waals surface area contributed by atoms with Crippen LogP contribution in [0, 0.1) is 20.8 Å². The highest BCUT2D eigenvalue weighted by atomic mass is 16.3. The maximum Gasteiger partial charge on any atom is 0.258 e. The lowest BCUT2D eigenvalue weighted by Crippen LogP contribution is -2.47. The number of carbonyl (C=O) groups is 5. The molecule has 4 fully saturated rings. The van der Waals surface area contributed by atoms with Crippen molar-refractivity contribution >= 4 is 100 Å². The summed E-state index contributed by atoms with van der Waals surface area (Å²) < 4.78 is 0. The van der Waals surface area contributed by atoms with E-state index < -0.39 is 0 Å². The monoisotopic (exact) mass is 1480 g/mol. The van der Waals surface area contributed by atoms with Gasteiger partial charge in [0.1, 0.15) is 11.5 Å². The Kier molecular flexibility index (Phi) is 19.6. The number of anilines is 1. The lowest BCUT2D eigenvalue weighted by atomic mass is 9.87. The molecule has 9 aromatic carbocycles. The van der Waals surface area contributed by atoms with Crippen molar-refractivity contribution in [3.63, 3.8) is 0 Å². The van der Waals surface area contributed by atoms with E-state index in [4.69, 9.17) is 15.0 Å². The molecule has 10 heterocycles. The largest absolute Gasteiger partial charge is 0.508 e. The van der Waals surface area contributed by atoms with E-state index in [0.29, 0.717) is 73.6 Å². The first-order chi connectivity index (χ1) is 54.4. The molecule has 0 spiro atoms. The van der Waals surface area contributed by atoms with E-state index in [1.807, 2.05) is 110 Å². The molecule has 5 aliphatic heterocycles. The quantitative estimate of drug-likeness (QED) is 0.0829. The highest BCUT2D eigenvalue weighted by Crippen LogP contribution is 2.39. The second kappa shape index (κ2) is 30.3. The zero-order valence-corrected chi connectivity index (χ0v) is 62.2. The van der Waals surface area contributed by atoms with E-state index in [1.165, 1.54) is 52.1 Å². The molecule has 14 aromatic rings. The fourth-order valence-electron chi connectivity index (χ4n) is 15.7. The Morgan fingerprint density at radius 1 is 0.429 bits per heavy atom. The number of H-pyrrole nitrogens is 2. The number of hydrogen-bond donors (Lipinski definition) is 4. The van der Waals surface area contributed by atoms with Gasteiger partial charge in [0.2, 0.25) is 23.6 Å². The van der Waals surface area contributed by atoms with Gasteiger partial charge >= 0.3 is 0 Å². The fourth-order valence-corrected chi connectivity index (χ4v) is 15.7. The minimum atomic E-state index is -0.0337. The van der Waals surface area contributed by atoms with Gasteiger partial charge in [0.25, 0.3) is 5.91 Å². The van der Waals surface area contributed by atoms with Gasteiger partial charge in [0.05, 0.1) is 45.8 Å². The topological polar surface area (TPSA) is 264 Å². The SMILES string of the molecule is C=CC(=O)N1CC(c2ccc3c(c2)CCN(c2cc(O)ccc2C)C3=O)C1.C=CC(=O)N1CC(c2ccc3cc(-c4c(C)ccc5[nH]ncc45)ncc3c2)C1.C=CC(=O)N1CC(c2ccc3nc(-c4c(C)ccc5[nH]ncc45)ncc3c2)C1.C=CC(=O)N1CC(c2ccc3nc(-c4cc(O)cc5ccccc45)ncc3c2)C1. The van der Waals surface area contributed by atoms with E-state index >= 15 is 0 Å². The lowest BCUT2D eigenvalue weighted by Gasteiger charge is -2.39. The number of pyridine rings is 1. The Hall–Kier alpha value is -13.8. The smallest absolute Gasteiger partial charge is 0.258 e. The predicted molar refractivity (Wildman–Crippen MR) is 438 cm³/mol. The van der Waals surface area contributed by atoms with E-state index in [-0.39, 0.29) is 41.0 Å². The van der Waals surface area contributed by atoms with Crippen LogP contribution in [0.25, 0.3) is 99.2 Å². The van der Waals surface area contributed by atoms with E-state index in [1.54, 1.807) is 43.9 Å². The number of benzene rings is 9. The molecule has 556 valence electrons. The minimum Gasteiger partial charge on any atom is -0.508 e. The molecule has 21 heteroatoms. The van der Waals surface area contributed by atoms with E-state index in [0.717, 1.165) is 143 Å². The third-order valence-corrected chi connectivity index (χ3v) is 22.2. The third kappa shape index (κ3) is 14.1. The molecule has 5 aliphatic rings. The van der Waals surface area contributed by atoms with Gasteiger partial charge in [0.15, 0.2) is 11.6 Å². The van der Waals surface area contributed by atoms with Crippen LogP contribution >= 0.6 is 0 Å². The Morgan fingerprint density at radius 3 is 1.48 bits per heavy atom. The minimum absolute atomic E-state index is 0.00573. The molecule has 0 aliphatic carbocycles. The first-order valence-electron chi connectivity index (χ1n) is 37.3. The van der Waals surface area contributed by atoms with Crippen LogP contribution in [0.5, 0.6) is 11.5 Å². The number of nitrogens with zero attached hydrogens (tertiary/aromatic N) is 12. The molecule has 5 aromatic heterocycles.